The van der Waals surface area contributed by atoms with E-state index < -0.39 is 5.91 Å². The molecule has 0 radical (unpaired) electrons. The standard InChI is InChI=1S/C21H30N4O3/c1-5-9-14(2)10-8-13-25-19(20(22)26)18(15(3)24-25)23-21(27)16-11-6-7-12-17(16)28-4/h6-7,11-12,14H,5,8-10,13H2,1-4H3,(H2,22,26)(H,23,27)/t14-/m0/s1. The van der Waals surface area contributed by atoms with Crippen LogP contribution in [0.25, 0.3) is 0 Å². The highest BCUT2D eigenvalue weighted by molar-refractivity contribution is 6.09. The molecule has 0 spiro atoms. The molecule has 0 aliphatic carbocycles. The summed E-state index contributed by atoms with van der Waals surface area (Å²) in [4.78, 5) is 24.8. The van der Waals surface area contributed by atoms with E-state index in [9.17, 15) is 9.59 Å². The van der Waals surface area contributed by atoms with E-state index in [0.717, 1.165) is 19.3 Å². The molecule has 1 atom stereocenters. The van der Waals surface area contributed by atoms with Gasteiger partial charge in [-0.05, 0) is 37.8 Å². The summed E-state index contributed by atoms with van der Waals surface area (Å²) in [6.45, 7) is 6.74. The third kappa shape index (κ3) is 5.12. The molecule has 0 fully saturated rings. The van der Waals surface area contributed by atoms with Crippen LogP contribution in [0.15, 0.2) is 24.3 Å². The van der Waals surface area contributed by atoms with Gasteiger partial charge in [0, 0.05) is 6.54 Å². The first-order valence-corrected chi connectivity index (χ1v) is 9.70. The molecule has 28 heavy (non-hydrogen) atoms. The average molecular weight is 386 g/mol. The first kappa shape index (κ1) is 21.5. The molecule has 7 nitrogen and oxygen atoms in total. The number of carbonyl (C=O) groups is 2. The summed E-state index contributed by atoms with van der Waals surface area (Å²) >= 11 is 0. The van der Waals surface area contributed by atoms with Gasteiger partial charge in [-0.25, -0.2) is 0 Å². The fourth-order valence-electron chi connectivity index (χ4n) is 3.38. The SMILES string of the molecule is CCC[C@H](C)CCCn1nc(C)c(NC(=O)c2ccccc2OC)c1C(N)=O. The number of nitrogens with one attached hydrogen (secondary N) is 1. The summed E-state index contributed by atoms with van der Waals surface area (Å²) in [7, 11) is 1.50. The summed E-state index contributed by atoms with van der Waals surface area (Å²) in [5.41, 5.74) is 7.11. The largest absolute Gasteiger partial charge is 0.496 e. The van der Waals surface area contributed by atoms with Crippen molar-refractivity contribution < 1.29 is 14.3 Å². The van der Waals surface area contributed by atoms with Gasteiger partial charge < -0.3 is 15.8 Å². The van der Waals surface area contributed by atoms with E-state index in [1.54, 1.807) is 35.9 Å². The van der Waals surface area contributed by atoms with Crippen molar-refractivity contribution in [2.75, 3.05) is 12.4 Å². The van der Waals surface area contributed by atoms with Crippen LogP contribution in [0.1, 0.15) is 66.1 Å². The van der Waals surface area contributed by atoms with Crippen molar-refractivity contribution in [2.45, 2.75) is 53.0 Å². The lowest BCUT2D eigenvalue weighted by Crippen LogP contribution is -2.22. The molecule has 2 amide bonds. The Labute approximate surface area is 166 Å². The monoisotopic (exact) mass is 386 g/mol. The number of carbonyl (C=O) groups excluding carboxylic acids is 2. The van der Waals surface area contributed by atoms with E-state index in [2.05, 4.69) is 24.3 Å². The Morgan fingerprint density at radius 3 is 2.64 bits per heavy atom. The zero-order valence-corrected chi connectivity index (χ0v) is 17.1. The molecule has 0 aliphatic rings. The van der Waals surface area contributed by atoms with Crippen LogP contribution in [0.3, 0.4) is 0 Å². The highest BCUT2D eigenvalue weighted by atomic mass is 16.5. The fraction of sp³-hybridized carbons (Fsp3) is 0.476. The van der Waals surface area contributed by atoms with E-state index in [0.29, 0.717) is 35.2 Å². The number of rotatable bonds is 10. The average Bonchev–Trinajstić information content (AvgIpc) is 2.97. The minimum Gasteiger partial charge on any atom is -0.496 e. The number of ether oxygens (including phenoxy) is 1. The second-order valence-electron chi connectivity index (χ2n) is 7.09. The maximum absolute atomic E-state index is 12.7. The Balaban J connectivity index is 2.21. The van der Waals surface area contributed by atoms with E-state index in [1.165, 1.54) is 13.5 Å². The Kier molecular flexibility index (Phi) is 7.61. The number of anilines is 1. The van der Waals surface area contributed by atoms with Crippen LogP contribution in [-0.2, 0) is 6.54 Å². The Hall–Kier alpha value is -2.83. The third-order valence-electron chi connectivity index (χ3n) is 4.80. The molecule has 0 saturated carbocycles. The van der Waals surface area contributed by atoms with E-state index in [4.69, 9.17) is 10.5 Å². The maximum Gasteiger partial charge on any atom is 0.269 e. The molecule has 7 heteroatoms. The van der Waals surface area contributed by atoms with Gasteiger partial charge in [-0.2, -0.15) is 5.10 Å². The van der Waals surface area contributed by atoms with Crippen LogP contribution < -0.4 is 15.8 Å². The van der Waals surface area contributed by atoms with Crippen LogP contribution in [0.5, 0.6) is 5.75 Å². The third-order valence-corrected chi connectivity index (χ3v) is 4.80. The number of primary amides is 1. The van der Waals surface area contributed by atoms with Gasteiger partial charge in [0.05, 0.1) is 24.1 Å². The van der Waals surface area contributed by atoms with Gasteiger partial charge in [-0.3, -0.25) is 14.3 Å². The predicted molar refractivity (Wildman–Crippen MR) is 110 cm³/mol. The first-order chi connectivity index (χ1) is 13.4. The van der Waals surface area contributed by atoms with E-state index >= 15 is 0 Å². The summed E-state index contributed by atoms with van der Waals surface area (Å²) in [6, 6.07) is 6.90. The van der Waals surface area contributed by atoms with Crippen molar-refractivity contribution in [3.8, 4) is 5.75 Å². The van der Waals surface area contributed by atoms with Crippen LogP contribution in [-0.4, -0.2) is 28.7 Å². The number of amides is 2. The molecule has 152 valence electrons. The highest BCUT2D eigenvalue weighted by Gasteiger charge is 2.23. The van der Waals surface area contributed by atoms with Crippen molar-refractivity contribution >= 4 is 17.5 Å². The van der Waals surface area contributed by atoms with E-state index in [-0.39, 0.29) is 11.6 Å². The number of para-hydroxylation sites is 1. The molecule has 0 aliphatic heterocycles. The molecule has 0 saturated heterocycles. The topological polar surface area (TPSA) is 99.2 Å². The van der Waals surface area contributed by atoms with Crippen molar-refractivity contribution in [2.24, 2.45) is 11.7 Å². The molecule has 0 unspecified atom stereocenters. The Morgan fingerprint density at radius 1 is 1.29 bits per heavy atom. The van der Waals surface area contributed by atoms with Gasteiger partial charge in [0.15, 0.2) is 0 Å². The zero-order chi connectivity index (χ0) is 20.7. The number of benzene rings is 1. The molecular weight excluding hydrogens is 356 g/mol. The molecule has 2 rings (SSSR count). The van der Waals surface area contributed by atoms with Crippen molar-refractivity contribution in [1.29, 1.82) is 0 Å². The van der Waals surface area contributed by atoms with Gasteiger partial charge >= 0.3 is 0 Å². The molecule has 1 heterocycles. The molecule has 1 aromatic heterocycles. The molecule has 0 bridgehead atoms. The number of nitrogens with two attached hydrogens (primary N) is 1. The minimum absolute atomic E-state index is 0.226. The predicted octanol–water partition coefficient (Wildman–Crippen LogP) is 3.77. The number of aryl methyl sites for hydroxylation is 2. The minimum atomic E-state index is -0.613. The van der Waals surface area contributed by atoms with Gasteiger partial charge in [0.2, 0.25) is 0 Å². The zero-order valence-electron chi connectivity index (χ0n) is 17.1. The van der Waals surface area contributed by atoms with E-state index in [1.807, 2.05) is 0 Å². The smallest absolute Gasteiger partial charge is 0.269 e. The highest BCUT2D eigenvalue weighted by Crippen LogP contribution is 2.24. The number of nitrogens with zero attached hydrogens (tertiary/aromatic N) is 2. The van der Waals surface area contributed by atoms with Crippen LogP contribution in [0.4, 0.5) is 5.69 Å². The van der Waals surface area contributed by atoms with Gasteiger partial charge in [-0.15, -0.1) is 0 Å². The summed E-state index contributed by atoms with van der Waals surface area (Å²) in [5, 5.41) is 7.22. The number of hydrogen-bond acceptors (Lipinski definition) is 4. The molecular formula is C21H30N4O3. The van der Waals surface area contributed by atoms with Gasteiger partial charge in [0.25, 0.3) is 11.8 Å². The number of aromatic nitrogens is 2. The molecule has 1 aromatic carbocycles. The Morgan fingerprint density at radius 2 is 2.00 bits per heavy atom. The second kappa shape index (κ2) is 9.92. The lowest BCUT2D eigenvalue weighted by atomic mass is 10.0. The van der Waals surface area contributed by atoms with Gasteiger partial charge in [0.1, 0.15) is 11.4 Å². The first-order valence-electron chi connectivity index (χ1n) is 9.70. The number of methoxy groups -OCH3 is 1. The normalized spacial score (nSPS) is 11.9. The fourth-order valence-corrected chi connectivity index (χ4v) is 3.38. The number of hydrogen-bond donors (Lipinski definition) is 2. The summed E-state index contributed by atoms with van der Waals surface area (Å²) in [5.74, 6) is 0.0932. The Bertz CT molecular complexity index is 829. The van der Waals surface area contributed by atoms with Crippen LogP contribution in [0.2, 0.25) is 0 Å². The van der Waals surface area contributed by atoms with Gasteiger partial charge in [-0.1, -0.05) is 38.8 Å². The molecule has 2 aromatic rings. The quantitative estimate of drug-likeness (QED) is 0.649. The van der Waals surface area contributed by atoms with Crippen molar-refractivity contribution in [1.82, 2.24) is 9.78 Å². The lowest BCUT2D eigenvalue weighted by molar-refractivity contribution is 0.0990. The van der Waals surface area contributed by atoms with Crippen LogP contribution >= 0.6 is 0 Å². The summed E-state index contributed by atoms with van der Waals surface area (Å²) in [6.07, 6.45) is 4.28. The molecule has 3 N–H and O–H groups in total. The van der Waals surface area contributed by atoms with Crippen LogP contribution in [0, 0.1) is 12.8 Å². The summed E-state index contributed by atoms with van der Waals surface area (Å²) < 4.78 is 6.84. The lowest BCUT2D eigenvalue weighted by Gasteiger charge is -2.12. The second-order valence-corrected chi connectivity index (χ2v) is 7.09. The maximum atomic E-state index is 12.7. The van der Waals surface area contributed by atoms with Crippen molar-refractivity contribution in [3.63, 3.8) is 0 Å². The van der Waals surface area contributed by atoms with Crippen molar-refractivity contribution in [3.05, 3.63) is 41.2 Å².